The van der Waals surface area contributed by atoms with Crippen LogP contribution in [0, 0.1) is 0 Å². The van der Waals surface area contributed by atoms with E-state index in [1.807, 2.05) is 30.3 Å². The standard InChI is InChI=1S/C17H24N2O4/c20-13-9-18-15-7-6-14(23-16(15)11-22-10-13)8-17(21)19-12-4-2-1-3-5-12/h1-5,13-16,18,20H,6-11H2,(H,19,21)/t13-,14+,15-,16+/m1/s1. The van der Waals surface area contributed by atoms with Crippen molar-refractivity contribution in [3.05, 3.63) is 30.3 Å². The van der Waals surface area contributed by atoms with Crippen LogP contribution in [-0.4, -0.2) is 55.1 Å². The summed E-state index contributed by atoms with van der Waals surface area (Å²) in [7, 11) is 0. The Bertz CT molecular complexity index is 511. The van der Waals surface area contributed by atoms with Crippen molar-refractivity contribution in [2.75, 3.05) is 25.1 Å². The molecule has 3 N–H and O–H groups in total. The number of carbonyl (C=O) groups excluding carboxylic acids is 1. The van der Waals surface area contributed by atoms with E-state index in [9.17, 15) is 9.90 Å². The minimum atomic E-state index is -0.467. The van der Waals surface area contributed by atoms with Crippen LogP contribution in [0.3, 0.4) is 0 Å². The minimum absolute atomic E-state index is 0.0326. The Morgan fingerprint density at radius 3 is 2.91 bits per heavy atom. The summed E-state index contributed by atoms with van der Waals surface area (Å²) in [6, 6.07) is 9.62. The minimum Gasteiger partial charge on any atom is -0.389 e. The average molecular weight is 320 g/mol. The maximum atomic E-state index is 12.1. The van der Waals surface area contributed by atoms with Gasteiger partial charge in [-0.3, -0.25) is 4.79 Å². The molecule has 0 radical (unpaired) electrons. The molecule has 23 heavy (non-hydrogen) atoms. The number of para-hydroxylation sites is 1. The molecule has 0 saturated carbocycles. The lowest BCUT2D eigenvalue weighted by Crippen LogP contribution is -2.53. The number of benzene rings is 1. The Hall–Kier alpha value is -1.47. The molecule has 1 amide bonds. The van der Waals surface area contributed by atoms with Gasteiger partial charge in [0.1, 0.15) is 0 Å². The first kappa shape index (κ1) is 16.4. The summed E-state index contributed by atoms with van der Waals surface area (Å²) >= 11 is 0. The number of fused-ring (bicyclic) bond motifs is 1. The van der Waals surface area contributed by atoms with Crippen LogP contribution in [-0.2, 0) is 14.3 Å². The van der Waals surface area contributed by atoms with E-state index in [4.69, 9.17) is 9.47 Å². The lowest BCUT2D eigenvalue weighted by atomic mass is 9.96. The fraction of sp³-hybridized carbons (Fsp3) is 0.588. The van der Waals surface area contributed by atoms with Crippen LogP contribution >= 0.6 is 0 Å². The molecule has 0 spiro atoms. The van der Waals surface area contributed by atoms with Gasteiger partial charge in [0.2, 0.25) is 5.91 Å². The third-order valence-electron chi connectivity index (χ3n) is 4.29. The largest absolute Gasteiger partial charge is 0.389 e. The van der Waals surface area contributed by atoms with Crippen molar-refractivity contribution < 1.29 is 19.4 Å². The summed E-state index contributed by atoms with van der Waals surface area (Å²) in [6.45, 7) is 1.29. The van der Waals surface area contributed by atoms with Gasteiger partial charge in [-0.05, 0) is 25.0 Å². The highest BCUT2D eigenvalue weighted by molar-refractivity contribution is 5.90. The number of hydrogen-bond acceptors (Lipinski definition) is 5. The fourth-order valence-electron chi connectivity index (χ4n) is 3.11. The number of ether oxygens (including phenoxy) is 2. The lowest BCUT2D eigenvalue weighted by molar-refractivity contribution is -0.134. The molecule has 0 aromatic heterocycles. The fourth-order valence-corrected chi connectivity index (χ4v) is 3.11. The molecule has 2 saturated heterocycles. The molecule has 2 aliphatic rings. The zero-order chi connectivity index (χ0) is 16.1. The number of anilines is 1. The molecule has 0 unspecified atom stereocenters. The first-order valence-corrected chi connectivity index (χ1v) is 8.20. The third-order valence-corrected chi connectivity index (χ3v) is 4.29. The van der Waals surface area contributed by atoms with E-state index < -0.39 is 6.10 Å². The zero-order valence-corrected chi connectivity index (χ0v) is 13.1. The molecule has 4 atom stereocenters. The number of rotatable bonds is 3. The molecular formula is C17H24N2O4. The van der Waals surface area contributed by atoms with Gasteiger partial charge in [-0.2, -0.15) is 0 Å². The zero-order valence-electron chi connectivity index (χ0n) is 13.1. The van der Waals surface area contributed by atoms with Crippen LogP contribution in [0.1, 0.15) is 19.3 Å². The monoisotopic (exact) mass is 320 g/mol. The maximum absolute atomic E-state index is 12.1. The first-order chi connectivity index (χ1) is 11.2. The first-order valence-electron chi connectivity index (χ1n) is 8.20. The molecule has 126 valence electrons. The van der Waals surface area contributed by atoms with Crippen molar-refractivity contribution in [1.82, 2.24) is 5.32 Å². The lowest BCUT2D eigenvalue weighted by Gasteiger charge is -2.38. The van der Waals surface area contributed by atoms with Gasteiger partial charge >= 0.3 is 0 Å². The molecule has 3 rings (SSSR count). The van der Waals surface area contributed by atoms with Crippen LogP contribution in [0.4, 0.5) is 5.69 Å². The van der Waals surface area contributed by atoms with Gasteiger partial charge in [0, 0.05) is 18.3 Å². The van der Waals surface area contributed by atoms with Gasteiger partial charge < -0.3 is 25.2 Å². The van der Waals surface area contributed by atoms with Gasteiger partial charge in [-0.1, -0.05) is 18.2 Å². The van der Waals surface area contributed by atoms with E-state index in [2.05, 4.69) is 10.6 Å². The van der Waals surface area contributed by atoms with Crippen molar-refractivity contribution in [2.24, 2.45) is 0 Å². The molecule has 0 aliphatic carbocycles. The predicted octanol–water partition coefficient (Wildman–Crippen LogP) is 0.912. The third kappa shape index (κ3) is 4.75. The normalized spacial score (nSPS) is 31.5. The highest BCUT2D eigenvalue weighted by atomic mass is 16.5. The van der Waals surface area contributed by atoms with E-state index in [-0.39, 0.29) is 24.2 Å². The van der Waals surface area contributed by atoms with Crippen molar-refractivity contribution >= 4 is 11.6 Å². The molecule has 1 aromatic carbocycles. The van der Waals surface area contributed by atoms with Gasteiger partial charge in [-0.15, -0.1) is 0 Å². The number of β-amino-alcohol motifs (C(OH)–C–C–N with tert-alkyl or cyclic N) is 1. The second-order valence-electron chi connectivity index (χ2n) is 6.20. The number of aliphatic hydroxyl groups is 1. The van der Waals surface area contributed by atoms with E-state index >= 15 is 0 Å². The van der Waals surface area contributed by atoms with Gasteiger partial charge in [0.25, 0.3) is 0 Å². The van der Waals surface area contributed by atoms with Crippen molar-refractivity contribution in [2.45, 2.75) is 43.6 Å². The summed E-state index contributed by atoms with van der Waals surface area (Å²) in [5, 5.41) is 15.9. The molecule has 0 bridgehead atoms. The quantitative estimate of drug-likeness (QED) is 0.771. The second-order valence-corrected chi connectivity index (χ2v) is 6.20. The summed E-state index contributed by atoms with van der Waals surface area (Å²) in [5.74, 6) is -0.0326. The molecular weight excluding hydrogens is 296 g/mol. The summed E-state index contributed by atoms with van der Waals surface area (Å²) in [4.78, 5) is 12.1. The van der Waals surface area contributed by atoms with Crippen LogP contribution < -0.4 is 10.6 Å². The molecule has 2 fully saturated rings. The Balaban J connectivity index is 1.49. The summed E-state index contributed by atoms with van der Waals surface area (Å²) in [5.41, 5.74) is 0.802. The van der Waals surface area contributed by atoms with Gasteiger partial charge in [0.05, 0.1) is 37.9 Å². The Morgan fingerprint density at radius 2 is 2.09 bits per heavy atom. The smallest absolute Gasteiger partial charge is 0.226 e. The van der Waals surface area contributed by atoms with E-state index in [0.29, 0.717) is 26.2 Å². The highest BCUT2D eigenvalue weighted by Gasteiger charge is 2.33. The Morgan fingerprint density at radius 1 is 1.26 bits per heavy atom. The Kier molecular flexibility index (Phi) is 5.61. The van der Waals surface area contributed by atoms with Crippen LogP contribution in [0.2, 0.25) is 0 Å². The van der Waals surface area contributed by atoms with Gasteiger partial charge in [0.15, 0.2) is 0 Å². The van der Waals surface area contributed by atoms with Crippen LogP contribution in [0.5, 0.6) is 0 Å². The molecule has 6 nitrogen and oxygen atoms in total. The molecule has 6 heteroatoms. The molecule has 2 heterocycles. The summed E-state index contributed by atoms with van der Waals surface area (Å²) < 4.78 is 11.5. The van der Waals surface area contributed by atoms with Crippen molar-refractivity contribution in [3.8, 4) is 0 Å². The van der Waals surface area contributed by atoms with Crippen LogP contribution in [0.15, 0.2) is 30.3 Å². The number of carbonyl (C=O) groups is 1. The second kappa shape index (κ2) is 7.88. The summed E-state index contributed by atoms with van der Waals surface area (Å²) in [6.07, 6.45) is 1.47. The maximum Gasteiger partial charge on any atom is 0.226 e. The number of amides is 1. The van der Waals surface area contributed by atoms with E-state index in [0.717, 1.165) is 18.5 Å². The van der Waals surface area contributed by atoms with E-state index in [1.54, 1.807) is 0 Å². The SMILES string of the molecule is O=C(C[C@@H]1CC[C@H]2NC[C@@H](O)COC[C@@H]2O1)Nc1ccccc1. The molecule has 1 aromatic rings. The number of aliphatic hydroxyl groups excluding tert-OH is 1. The van der Waals surface area contributed by atoms with Crippen LogP contribution in [0.25, 0.3) is 0 Å². The average Bonchev–Trinajstić information content (AvgIpc) is 2.53. The Labute approximate surface area is 136 Å². The predicted molar refractivity (Wildman–Crippen MR) is 86.2 cm³/mol. The van der Waals surface area contributed by atoms with Crippen molar-refractivity contribution in [1.29, 1.82) is 0 Å². The number of nitrogens with one attached hydrogen (secondary N) is 2. The van der Waals surface area contributed by atoms with E-state index in [1.165, 1.54) is 0 Å². The molecule has 2 aliphatic heterocycles. The highest BCUT2D eigenvalue weighted by Crippen LogP contribution is 2.23. The topological polar surface area (TPSA) is 79.8 Å². The van der Waals surface area contributed by atoms with Gasteiger partial charge in [-0.25, -0.2) is 0 Å². The number of hydrogen-bond donors (Lipinski definition) is 3. The van der Waals surface area contributed by atoms with Crippen molar-refractivity contribution in [3.63, 3.8) is 0 Å².